The molecule has 0 fully saturated rings. The monoisotopic (exact) mass is 1540 g/mol. The van der Waals surface area contributed by atoms with Crippen LogP contribution in [0.3, 0.4) is 0 Å². The van der Waals surface area contributed by atoms with Crippen LogP contribution in [-0.4, -0.2) is 96.3 Å². The van der Waals surface area contributed by atoms with Gasteiger partial charge >= 0.3 is 56.4 Å². The van der Waals surface area contributed by atoms with Gasteiger partial charge in [-0.15, -0.1) is 30.0 Å². The van der Waals surface area contributed by atoms with Crippen LogP contribution in [0.4, 0.5) is 57.9 Å². The summed E-state index contributed by atoms with van der Waals surface area (Å²) >= 11 is -0.472. The second-order valence-corrected chi connectivity index (χ2v) is 22.3. The molecule has 8 heterocycles. The number of rotatable bonds is 12. The molecule has 0 aliphatic rings. The predicted octanol–water partition coefficient (Wildman–Crippen LogP) is 12.9. The molecule has 0 aliphatic carbocycles. The molecule has 8 aromatic heterocycles. The van der Waals surface area contributed by atoms with E-state index in [-0.39, 0.29) is 66.1 Å². The molecule has 0 aliphatic heterocycles. The van der Waals surface area contributed by atoms with E-state index in [9.17, 15) is 35.1 Å². The van der Waals surface area contributed by atoms with Crippen molar-refractivity contribution in [2.45, 2.75) is 38.5 Å². The fourth-order valence-electron chi connectivity index (χ4n) is 7.48. The Labute approximate surface area is 495 Å². The van der Waals surface area contributed by atoms with Gasteiger partial charge in [-0.25, -0.2) is 17.6 Å². The number of aromatic nitrogens is 8. The topological polar surface area (TPSA) is 116 Å². The largest absolute Gasteiger partial charge is 2.00 e. The van der Waals surface area contributed by atoms with E-state index >= 15 is 0 Å². The second kappa shape index (κ2) is 29.1. The molecule has 0 spiro atoms. The Morgan fingerprint density at radius 1 is 0.400 bits per heavy atom. The number of halogens is 10. The van der Waals surface area contributed by atoms with Gasteiger partial charge in [-0.05, 0) is 99.7 Å². The zero-order valence-electron chi connectivity index (χ0n) is 45.0. The first-order valence-electron chi connectivity index (χ1n) is 23.2. The van der Waals surface area contributed by atoms with E-state index in [1.807, 2.05) is 128 Å². The zero-order valence-corrected chi connectivity index (χ0v) is 53.4. The van der Waals surface area contributed by atoms with Gasteiger partial charge in [0.05, 0.1) is 33.9 Å². The van der Waals surface area contributed by atoms with Crippen LogP contribution in [0.25, 0.3) is 45.0 Å². The third-order valence-corrected chi connectivity index (χ3v) is 12.1. The summed E-state index contributed by atoms with van der Waals surface area (Å²) in [5.74, 6) is -7.82. The molecule has 12 nitrogen and oxygen atoms in total. The van der Waals surface area contributed by atoms with Crippen molar-refractivity contribution in [2.75, 3.05) is 76.0 Å². The van der Waals surface area contributed by atoms with E-state index in [2.05, 4.69) is 59.9 Å². The molecule has 0 N–H and O–H groups in total. The fraction of sp³-hybridized carbons (Fsp3) is 0.259. The zero-order chi connectivity index (χ0) is 58.8. The normalized spacial score (nSPS) is 11.0. The Kier molecular flexibility index (Phi) is 24.4. The molecule has 2 unspecified atom stereocenters. The standard InChI is InChI=1S/C27H26F4N6.C27H24F4N6.2ClH.H4P2.2Pt/c2*1-27(2,21-13-15(36(3)4)11-19(32-21)17-7-9-23(28)34-25(17)30)22-14-16(37(5)6)12-20(33-22)18-8-10-24(29)35-26(18)31;;;1-2;;/h7-14H,1-6H3;9-14H,1-6H3;2*1H;1-2H2;;/q;-2;;;;2*+2/p-2. The van der Waals surface area contributed by atoms with Gasteiger partial charge in [0.1, 0.15) is 23.8 Å². The average molecular weight is 1550 g/mol. The van der Waals surface area contributed by atoms with Crippen LogP contribution in [0, 0.1) is 59.7 Å². The first-order chi connectivity index (χ1) is 37.1. The van der Waals surface area contributed by atoms with Crippen molar-refractivity contribution in [3.8, 4) is 45.0 Å². The Morgan fingerprint density at radius 3 is 0.900 bits per heavy atom. The Hall–Kier alpha value is -5.34. The van der Waals surface area contributed by atoms with E-state index in [4.69, 9.17) is 28.8 Å². The number of pyridine rings is 8. The van der Waals surface area contributed by atoms with Crippen LogP contribution in [-0.2, 0) is 48.4 Å². The minimum absolute atomic E-state index is 0. The van der Waals surface area contributed by atoms with E-state index in [1.165, 1.54) is 12.1 Å². The van der Waals surface area contributed by atoms with Gasteiger partial charge in [0, 0.05) is 101 Å². The van der Waals surface area contributed by atoms with Crippen LogP contribution in [0.1, 0.15) is 50.5 Å². The van der Waals surface area contributed by atoms with Gasteiger partial charge in [0.15, 0.2) is 0 Å². The van der Waals surface area contributed by atoms with Crippen LogP contribution in [0.5, 0.6) is 0 Å². The molecular weight excluding hydrogens is 1490 g/mol. The van der Waals surface area contributed by atoms with E-state index in [1.54, 1.807) is 24.3 Å². The average Bonchev–Trinajstić information content (AvgIpc) is 3.39. The molecule has 80 heavy (non-hydrogen) atoms. The minimum Gasteiger partial charge on any atom is 2.00 e. The van der Waals surface area contributed by atoms with Crippen molar-refractivity contribution in [1.82, 2.24) is 39.9 Å². The summed E-state index contributed by atoms with van der Waals surface area (Å²) in [5.41, 5.74) is 4.19. The van der Waals surface area contributed by atoms with Gasteiger partial charge in [-0.2, -0.15) is 27.5 Å². The van der Waals surface area contributed by atoms with E-state index < -0.39 is 74.9 Å². The van der Waals surface area contributed by atoms with Gasteiger partial charge in [0.25, 0.3) is 0 Å². The first-order valence-corrected chi connectivity index (χ1v) is 31.5. The van der Waals surface area contributed by atoms with Crippen molar-refractivity contribution >= 4 is 59.4 Å². The van der Waals surface area contributed by atoms with Gasteiger partial charge in [0.2, 0.25) is 23.8 Å². The summed E-state index contributed by atoms with van der Waals surface area (Å²) in [7, 11) is 29.0. The van der Waals surface area contributed by atoms with E-state index in [0.717, 1.165) is 35.6 Å². The summed E-state index contributed by atoms with van der Waals surface area (Å²) in [5, 5.41) is 0. The molecule has 8 aromatic rings. The maximum atomic E-state index is 14.6. The van der Waals surface area contributed by atoms with Crippen LogP contribution < -0.4 is 19.6 Å². The molecule has 0 amide bonds. The first kappa shape index (κ1) is 67.2. The molecule has 0 radical (unpaired) electrons. The third kappa shape index (κ3) is 16.4. The molecule has 2 atom stereocenters. The summed E-state index contributed by atoms with van der Waals surface area (Å²) in [6.45, 7) is 7.53. The molecular formula is C54H54Cl2F8N12P2Pt2. The Bertz CT molecular complexity index is 3000. The summed E-state index contributed by atoms with van der Waals surface area (Å²) in [4.78, 5) is 39.2. The Balaban J connectivity index is 0.000000315. The maximum Gasteiger partial charge on any atom is 2.00 e. The van der Waals surface area contributed by atoms with Gasteiger partial charge < -0.3 is 29.6 Å². The molecule has 8 rings (SSSR count). The number of hydrogen-bond donors (Lipinski definition) is 0. The van der Waals surface area contributed by atoms with Gasteiger partial charge in [-0.1, -0.05) is 35.4 Å². The van der Waals surface area contributed by atoms with Crippen molar-refractivity contribution in [3.63, 3.8) is 0 Å². The minimum atomic E-state index is -1.03. The van der Waals surface area contributed by atoms with Crippen molar-refractivity contribution in [3.05, 3.63) is 167 Å². The summed E-state index contributed by atoms with van der Waals surface area (Å²) < 4.78 is 112. The van der Waals surface area contributed by atoms with Crippen LogP contribution in [0.15, 0.2) is 84.9 Å². The fourth-order valence-corrected chi connectivity index (χ4v) is 7.48. The van der Waals surface area contributed by atoms with E-state index in [0.29, 0.717) is 34.2 Å². The summed E-state index contributed by atoms with van der Waals surface area (Å²) in [6.07, 6.45) is 0. The molecule has 0 saturated carbocycles. The van der Waals surface area contributed by atoms with Crippen molar-refractivity contribution in [1.29, 1.82) is 0 Å². The SMILES string of the molecule is CN(C)c1cc(-c2[c-]cc(F)nc2F)nc(C(C)(C)c2cc(N(C)C)cc(-c3[c-]cc(F)nc3F)n2)c1.CN(C)c1cc(-c2ccc(F)nc2F)nc(C(C)(C)c2cc(N(C)C)cc(-c3ccc(F)nc3F)n2)c1.PP.[Cl][Pt][Cl].[Pt+2]. The number of nitrogens with zero attached hydrogens (tertiary/aromatic N) is 12. The van der Waals surface area contributed by atoms with Crippen LogP contribution in [0.2, 0.25) is 0 Å². The summed E-state index contributed by atoms with van der Waals surface area (Å²) in [6, 6.07) is 25.8. The molecule has 0 bridgehead atoms. The Morgan fingerprint density at radius 2 is 0.650 bits per heavy atom. The number of anilines is 4. The maximum absolute atomic E-state index is 14.6. The second-order valence-electron chi connectivity index (χ2n) is 19.0. The molecule has 0 aromatic carbocycles. The number of hydrogen-bond acceptors (Lipinski definition) is 12. The quantitative estimate of drug-likeness (QED) is 0.0502. The van der Waals surface area contributed by atoms with Gasteiger partial charge in [-0.3, -0.25) is 19.9 Å². The predicted molar refractivity (Wildman–Crippen MR) is 300 cm³/mol. The molecule has 0 saturated heterocycles. The molecule has 26 heteroatoms. The van der Waals surface area contributed by atoms with Crippen LogP contribution >= 0.6 is 36.7 Å². The third-order valence-electron chi connectivity index (χ3n) is 12.1. The van der Waals surface area contributed by atoms with Crippen molar-refractivity contribution in [2.24, 2.45) is 0 Å². The smallest absolute Gasteiger partial charge is 2.00 e. The molecule has 430 valence electrons. The van der Waals surface area contributed by atoms with Crippen molar-refractivity contribution < 1.29 is 72.7 Å².